The van der Waals surface area contributed by atoms with Crippen LogP contribution >= 0.6 is 11.3 Å². The Kier molecular flexibility index (Phi) is 5.57. The van der Waals surface area contributed by atoms with Crippen LogP contribution in [0.1, 0.15) is 5.56 Å². The number of phenols is 1. The number of imidazole rings is 1. The van der Waals surface area contributed by atoms with Crippen LogP contribution in [-0.2, 0) is 21.1 Å². The molecule has 0 bridgehead atoms. The van der Waals surface area contributed by atoms with Crippen molar-refractivity contribution in [2.24, 2.45) is 0 Å². The summed E-state index contributed by atoms with van der Waals surface area (Å²) < 4.78 is 4.89. The maximum absolute atomic E-state index is 10.4. The van der Waals surface area contributed by atoms with Crippen molar-refractivity contribution in [3.05, 3.63) is 96.4 Å². The Labute approximate surface area is 208 Å². The van der Waals surface area contributed by atoms with Gasteiger partial charge in [-0.2, -0.15) is 0 Å². The van der Waals surface area contributed by atoms with E-state index in [9.17, 15) is 5.11 Å². The van der Waals surface area contributed by atoms with Gasteiger partial charge in [-0.1, -0.05) is 36.4 Å². The smallest absolute Gasteiger partial charge is 0.511 e. The number of phenolic OH excluding ortho intramolecular Hbond substituents is 1. The molecule has 0 aliphatic rings. The first-order valence-electron chi connectivity index (χ1n) is 10.2. The number of thiophene rings is 1. The van der Waals surface area contributed by atoms with Gasteiger partial charge in [-0.25, -0.2) is 4.98 Å². The second-order valence-corrected chi connectivity index (χ2v) is 8.40. The molecule has 6 aromatic rings. The maximum atomic E-state index is 10.4. The molecule has 0 fully saturated rings. The molecule has 5 nitrogen and oxygen atoms in total. The summed E-state index contributed by atoms with van der Waals surface area (Å²) >= 11 is 1.65. The van der Waals surface area contributed by atoms with Crippen molar-refractivity contribution in [2.75, 3.05) is 0 Å². The van der Waals surface area contributed by atoms with Gasteiger partial charge in [0.2, 0.25) is 0 Å². The number of aromatic hydroxyl groups is 1. The number of nitrogens with zero attached hydrogens (tertiary/aromatic N) is 4. The zero-order valence-electron chi connectivity index (χ0n) is 17.5. The Morgan fingerprint density at radius 1 is 0.970 bits per heavy atom. The molecule has 0 aliphatic carbocycles. The third-order valence-electron chi connectivity index (χ3n) is 5.49. The maximum Gasteiger partial charge on any atom is 2.00 e. The van der Waals surface area contributed by atoms with E-state index in [1.165, 1.54) is 0 Å². The van der Waals surface area contributed by atoms with Crippen molar-refractivity contribution in [2.45, 2.75) is 6.92 Å². The van der Waals surface area contributed by atoms with Crippen LogP contribution in [-0.4, -0.2) is 19.6 Å². The topological polar surface area (TPSA) is 54.8 Å². The molecule has 3 aromatic heterocycles. The Bertz CT molecular complexity index is 1620. The number of hydrogen-bond acceptors (Lipinski definition) is 4. The predicted molar refractivity (Wildman–Crippen MR) is 125 cm³/mol. The van der Waals surface area contributed by atoms with E-state index < -0.39 is 0 Å². The van der Waals surface area contributed by atoms with Crippen LogP contribution in [0.5, 0.6) is 5.75 Å². The van der Waals surface area contributed by atoms with Crippen LogP contribution in [0, 0.1) is 19.3 Å². The normalized spacial score (nSPS) is 11.1. The number of benzene rings is 3. The molecule has 33 heavy (non-hydrogen) atoms. The second kappa shape index (κ2) is 8.54. The van der Waals surface area contributed by atoms with Crippen LogP contribution in [0.25, 0.3) is 43.9 Å². The van der Waals surface area contributed by atoms with E-state index in [1.807, 2.05) is 69.8 Å². The van der Waals surface area contributed by atoms with E-state index in [1.54, 1.807) is 23.7 Å². The van der Waals surface area contributed by atoms with E-state index in [-0.39, 0.29) is 26.8 Å². The molecule has 0 spiro atoms. The second-order valence-electron chi connectivity index (χ2n) is 7.52. The van der Waals surface area contributed by atoms with Crippen LogP contribution in [0.3, 0.4) is 0 Å². The molecule has 7 heteroatoms. The van der Waals surface area contributed by atoms with E-state index >= 15 is 0 Å². The number of rotatable bonds is 3. The zero-order chi connectivity index (χ0) is 21.7. The van der Waals surface area contributed by atoms with Crippen molar-refractivity contribution >= 4 is 32.6 Å². The summed E-state index contributed by atoms with van der Waals surface area (Å²) in [6, 6.07) is 24.8. The molecule has 1 N–H and O–H groups in total. The van der Waals surface area contributed by atoms with Crippen molar-refractivity contribution in [1.82, 2.24) is 14.5 Å². The number of hydrogen-bond donors (Lipinski definition) is 1. The molecule has 0 aliphatic heterocycles. The average molecular weight is 629 g/mol. The predicted octanol–water partition coefficient (Wildman–Crippen LogP) is 5.19. The first-order valence-corrected chi connectivity index (χ1v) is 11.0. The molecule has 0 saturated carbocycles. The van der Waals surface area contributed by atoms with E-state index in [0.29, 0.717) is 5.69 Å². The van der Waals surface area contributed by atoms with Crippen LogP contribution in [0.15, 0.2) is 78.4 Å². The number of aromatic nitrogens is 4. The third kappa shape index (κ3) is 3.56. The molecule has 0 radical (unpaired) electrons. The van der Waals surface area contributed by atoms with Gasteiger partial charge in [0.05, 0.1) is 16.6 Å². The van der Waals surface area contributed by atoms with Gasteiger partial charge in [0.15, 0.2) is 0 Å². The summed E-state index contributed by atoms with van der Waals surface area (Å²) in [7, 11) is 0. The molecule has 3 aromatic carbocycles. The minimum absolute atomic E-state index is 0. The zero-order valence-corrected chi connectivity index (χ0v) is 20.6. The molecule has 0 amide bonds. The summed E-state index contributed by atoms with van der Waals surface area (Å²) in [6.07, 6.45) is 5.01. The SMILES string of the molecule is Cc1csc2c(-c3[c-]c(-[n+]4[c-]n(-c5ccccc5O)c5ccccc54)ccc3)ncnc12.[Pt+2]. The van der Waals surface area contributed by atoms with Crippen LogP contribution < -0.4 is 4.57 Å². The quantitative estimate of drug-likeness (QED) is 0.217. The third-order valence-corrected chi connectivity index (χ3v) is 6.59. The molecule has 6 rings (SSSR count). The van der Waals surface area contributed by atoms with Gasteiger partial charge in [-0.15, -0.1) is 41.2 Å². The minimum atomic E-state index is 0. The van der Waals surface area contributed by atoms with Gasteiger partial charge in [-0.3, -0.25) is 9.55 Å². The first kappa shape index (κ1) is 21.5. The fraction of sp³-hybridized carbons (Fsp3) is 0.0385. The molecule has 0 atom stereocenters. The van der Waals surface area contributed by atoms with Crippen molar-refractivity contribution in [3.63, 3.8) is 0 Å². The number of aryl methyl sites for hydroxylation is 1. The Balaban J connectivity index is 0.00000228. The van der Waals surface area contributed by atoms with Gasteiger partial charge in [-0.05, 0) is 35.7 Å². The van der Waals surface area contributed by atoms with Crippen LogP contribution in [0.4, 0.5) is 0 Å². The molecule has 3 heterocycles. The van der Waals surface area contributed by atoms with Gasteiger partial charge < -0.3 is 9.67 Å². The number of para-hydroxylation sites is 4. The van der Waals surface area contributed by atoms with Crippen molar-refractivity contribution in [1.29, 1.82) is 0 Å². The minimum Gasteiger partial charge on any atom is -0.511 e. The Morgan fingerprint density at radius 3 is 2.67 bits per heavy atom. The Morgan fingerprint density at radius 2 is 1.79 bits per heavy atom. The van der Waals surface area contributed by atoms with Gasteiger partial charge in [0.25, 0.3) is 6.33 Å². The molecular weight excluding hydrogens is 611 g/mol. The monoisotopic (exact) mass is 628 g/mol. The summed E-state index contributed by atoms with van der Waals surface area (Å²) in [4.78, 5) is 9.00. The molecule has 162 valence electrons. The summed E-state index contributed by atoms with van der Waals surface area (Å²) in [5.74, 6) is 0.200. The molecular formula is C26H17N4OPtS+. The van der Waals surface area contributed by atoms with Crippen LogP contribution in [0.2, 0.25) is 0 Å². The Hall–Kier alpha value is -3.34. The average Bonchev–Trinajstić information content (AvgIpc) is 3.41. The van der Waals surface area contributed by atoms with Crippen molar-refractivity contribution in [3.8, 4) is 28.4 Å². The van der Waals surface area contributed by atoms with E-state index in [4.69, 9.17) is 0 Å². The first-order chi connectivity index (χ1) is 15.7. The summed E-state index contributed by atoms with van der Waals surface area (Å²) in [6.45, 7) is 2.06. The summed E-state index contributed by atoms with van der Waals surface area (Å²) in [5, 5.41) is 12.5. The number of fused-ring (bicyclic) bond motifs is 2. The van der Waals surface area contributed by atoms with Gasteiger partial charge in [0, 0.05) is 10.4 Å². The fourth-order valence-electron chi connectivity index (χ4n) is 3.96. The molecule has 0 unspecified atom stereocenters. The van der Waals surface area contributed by atoms with Gasteiger partial charge in [0.1, 0.15) is 17.8 Å². The van der Waals surface area contributed by atoms with Gasteiger partial charge >= 0.3 is 21.1 Å². The summed E-state index contributed by atoms with van der Waals surface area (Å²) in [5.41, 5.74) is 7.32. The largest absolute Gasteiger partial charge is 2.00 e. The van der Waals surface area contributed by atoms with Crippen molar-refractivity contribution < 1.29 is 30.7 Å². The van der Waals surface area contributed by atoms with E-state index in [2.05, 4.69) is 34.7 Å². The van der Waals surface area contributed by atoms with E-state index in [0.717, 1.165) is 43.8 Å². The standard InChI is InChI=1S/C26H17N4OS.Pt/c1-17-14-32-26-24(17)27-15-28-25(26)18-7-6-8-19(13-18)29-16-30(21-10-3-2-9-20(21)29)22-11-4-5-12-23(22)31;/h2-12,14-15,31H,1H3;/q-1;+2. The fourth-order valence-corrected chi connectivity index (χ4v) is 4.96. The molecule has 0 saturated heterocycles.